The molecule has 1 spiro atoms. The minimum Gasteiger partial charge on any atom is -0.493 e. The Balaban J connectivity index is 1.90. The molecule has 2 aromatic carbocycles. The van der Waals surface area contributed by atoms with E-state index >= 15 is 0 Å². The second-order valence-corrected chi connectivity index (χ2v) is 8.13. The van der Waals surface area contributed by atoms with Crippen molar-refractivity contribution in [3.05, 3.63) is 65.0 Å². The number of halogens is 3. The summed E-state index contributed by atoms with van der Waals surface area (Å²) in [6.45, 7) is 1.90. The van der Waals surface area contributed by atoms with Crippen LogP contribution in [-0.4, -0.2) is 29.1 Å². The summed E-state index contributed by atoms with van der Waals surface area (Å²) < 4.78 is 47.5. The van der Waals surface area contributed by atoms with Crippen LogP contribution in [0.2, 0.25) is 0 Å². The molecule has 0 fully saturated rings. The van der Waals surface area contributed by atoms with Crippen molar-refractivity contribution >= 4 is 22.7 Å². The van der Waals surface area contributed by atoms with Gasteiger partial charge in [-0.15, -0.1) is 0 Å². The molecule has 2 heterocycles. The maximum absolute atomic E-state index is 14.2. The fraction of sp³-hybridized carbons (Fsp3) is 0.300. The van der Waals surface area contributed by atoms with Crippen LogP contribution < -0.4 is 10.5 Å². The van der Waals surface area contributed by atoms with Gasteiger partial charge in [-0.1, -0.05) is 11.8 Å². The van der Waals surface area contributed by atoms with Gasteiger partial charge in [-0.25, -0.2) is 18.2 Å². The molecular formula is C20H18F3N3O2S. The molecule has 0 bridgehead atoms. The van der Waals surface area contributed by atoms with Crippen LogP contribution >= 0.6 is 11.8 Å². The first-order valence-corrected chi connectivity index (χ1v) is 9.84. The van der Waals surface area contributed by atoms with Crippen molar-refractivity contribution in [1.29, 1.82) is 0 Å². The molecule has 0 saturated carbocycles. The first-order valence-electron chi connectivity index (χ1n) is 9.03. The Bertz CT molecular complexity index is 996. The van der Waals surface area contributed by atoms with Crippen molar-refractivity contribution in [3.63, 3.8) is 0 Å². The van der Waals surface area contributed by atoms with Crippen LogP contribution in [0, 0.1) is 23.4 Å². The lowest BCUT2D eigenvalue weighted by Crippen LogP contribution is -2.51. The Labute approximate surface area is 169 Å². The van der Waals surface area contributed by atoms with Gasteiger partial charge in [-0.3, -0.25) is 4.79 Å². The first kappa shape index (κ1) is 19.8. The smallest absolute Gasteiger partial charge is 0.241 e. The van der Waals surface area contributed by atoms with E-state index in [1.165, 1.54) is 30.1 Å². The normalized spacial score (nSPS) is 23.0. The van der Waals surface area contributed by atoms with Crippen LogP contribution in [0.5, 0.6) is 5.75 Å². The van der Waals surface area contributed by atoms with Crippen molar-refractivity contribution < 1.29 is 22.7 Å². The largest absolute Gasteiger partial charge is 0.493 e. The molecule has 9 heteroatoms. The van der Waals surface area contributed by atoms with E-state index in [0.29, 0.717) is 24.3 Å². The molecule has 0 saturated heterocycles. The Morgan fingerprint density at radius 2 is 1.97 bits per heavy atom. The molecule has 0 radical (unpaired) electrons. The zero-order valence-electron chi connectivity index (χ0n) is 15.5. The molecule has 0 aliphatic carbocycles. The Morgan fingerprint density at radius 1 is 1.24 bits per heavy atom. The van der Waals surface area contributed by atoms with E-state index in [-0.39, 0.29) is 29.0 Å². The lowest BCUT2D eigenvalue weighted by molar-refractivity contribution is -0.134. The van der Waals surface area contributed by atoms with E-state index in [4.69, 9.17) is 10.5 Å². The highest BCUT2D eigenvalue weighted by molar-refractivity contribution is 8.15. The van der Waals surface area contributed by atoms with Gasteiger partial charge in [0, 0.05) is 30.0 Å². The van der Waals surface area contributed by atoms with Gasteiger partial charge >= 0.3 is 0 Å². The van der Waals surface area contributed by atoms with Gasteiger partial charge in [-0.2, -0.15) is 5.10 Å². The summed E-state index contributed by atoms with van der Waals surface area (Å²) in [4.78, 5) is 11.4. The highest BCUT2D eigenvalue weighted by Crippen LogP contribution is 2.57. The van der Waals surface area contributed by atoms with Gasteiger partial charge in [0.25, 0.3) is 0 Å². The molecule has 2 aromatic rings. The molecule has 5 nitrogen and oxygen atoms in total. The topological polar surface area (TPSA) is 67.9 Å². The molecule has 0 unspecified atom stereocenters. The number of thioether (sulfide) groups is 1. The van der Waals surface area contributed by atoms with Crippen molar-refractivity contribution in [3.8, 4) is 5.75 Å². The minimum atomic E-state index is -1.13. The SMILES string of the molecule is CC(=O)N1N=C(c2cc(F)cc(F)c2)S[C@]12c1cc(F)ccc1OC[C@@H]2CCN. The highest BCUT2D eigenvalue weighted by Gasteiger charge is 2.56. The number of ether oxygens (including phenoxy) is 1. The summed E-state index contributed by atoms with van der Waals surface area (Å²) in [6, 6.07) is 7.15. The van der Waals surface area contributed by atoms with Gasteiger partial charge in [0.2, 0.25) is 5.91 Å². The number of fused-ring (bicyclic) bond motifs is 2. The quantitative estimate of drug-likeness (QED) is 0.823. The van der Waals surface area contributed by atoms with Crippen molar-refractivity contribution in [2.75, 3.05) is 13.2 Å². The Hall–Kier alpha value is -2.52. The van der Waals surface area contributed by atoms with Gasteiger partial charge in [0.15, 0.2) is 4.87 Å². The third-order valence-electron chi connectivity index (χ3n) is 5.00. The molecule has 2 aliphatic heterocycles. The molecule has 1 amide bonds. The van der Waals surface area contributed by atoms with E-state index in [0.717, 1.165) is 30.0 Å². The van der Waals surface area contributed by atoms with E-state index in [9.17, 15) is 18.0 Å². The van der Waals surface area contributed by atoms with Crippen molar-refractivity contribution in [2.45, 2.75) is 18.2 Å². The number of nitrogens with zero attached hydrogens (tertiary/aromatic N) is 2. The second kappa shape index (κ2) is 7.38. The number of amides is 1. The number of hydrogen-bond acceptors (Lipinski definition) is 5. The van der Waals surface area contributed by atoms with Crippen molar-refractivity contribution in [1.82, 2.24) is 5.01 Å². The molecule has 4 rings (SSSR count). The monoisotopic (exact) mass is 421 g/mol. The minimum absolute atomic E-state index is 0.201. The zero-order chi connectivity index (χ0) is 20.8. The van der Waals surface area contributed by atoms with E-state index < -0.39 is 22.3 Å². The zero-order valence-corrected chi connectivity index (χ0v) is 16.3. The molecule has 2 N–H and O–H groups in total. The number of benzene rings is 2. The molecule has 2 atom stereocenters. The van der Waals surface area contributed by atoms with Crippen LogP contribution in [0.15, 0.2) is 41.5 Å². The average molecular weight is 421 g/mol. The molecule has 0 aromatic heterocycles. The van der Waals surface area contributed by atoms with Crippen LogP contribution in [-0.2, 0) is 9.67 Å². The lowest BCUT2D eigenvalue weighted by Gasteiger charge is -2.45. The standard InChI is InChI=1S/C20H18F3N3O2S/c1-11(27)26-20(29-19(25-26)12-6-15(22)8-16(23)7-12)13(4-5-24)10-28-18-3-2-14(21)9-17(18)20/h2-3,6-9,13H,4-5,10,24H2,1H3/t13-,20+/m0/s1. The van der Waals surface area contributed by atoms with Gasteiger partial charge < -0.3 is 10.5 Å². The molecule has 29 heavy (non-hydrogen) atoms. The summed E-state index contributed by atoms with van der Waals surface area (Å²) in [7, 11) is 0. The summed E-state index contributed by atoms with van der Waals surface area (Å²) in [5, 5.41) is 5.91. The number of carbonyl (C=O) groups is 1. The van der Waals surface area contributed by atoms with Gasteiger partial charge in [0.05, 0.1) is 6.61 Å². The maximum Gasteiger partial charge on any atom is 0.241 e. The summed E-state index contributed by atoms with van der Waals surface area (Å²) in [5.41, 5.74) is 6.43. The van der Waals surface area contributed by atoms with Crippen LogP contribution in [0.25, 0.3) is 0 Å². The van der Waals surface area contributed by atoms with Crippen LogP contribution in [0.4, 0.5) is 13.2 Å². The van der Waals surface area contributed by atoms with Crippen LogP contribution in [0.3, 0.4) is 0 Å². The molecular weight excluding hydrogens is 403 g/mol. The third-order valence-corrected chi connectivity index (χ3v) is 6.55. The molecule has 152 valence electrons. The molecule has 2 aliphatic rings. The van der Waals surface area contributed by atoms with E-state index in [2.05, 4.69) is 5.10 Å². The van der Waals surface area contributed by atoms with E-state index in [1.807, 2.05) is 0 Å². The first-order chi connectivity index (χ1) is 13.8. The predicted octanol–water partition coefficient (Wildman–Crippen LogP) is 3.57. The summed E-state index contributed by atoms with van der Waals surface area (Å²) in [5.74, 6) is -2.26. The predicted molar refractivity (Wildman–Crippen MR) is 104 cm³/mol. The Kier molecular flexibility index (Phi) is 5.04. The fourth-order valence-electron chi connectivity index (χ4n) is 3.81. The number of rotatable bonds is 3. The summed E-state index contributed by atoms with van der Waals surface area (Å²) >= 11 is 1.16. The number of hydrazone groups is 1. The second-order valence-electron chi connectivity index (χ2n) is 6.92. The maximum atomic E-state index is 14.2. The highest BCUT2D eigenvalue weighted by atomic mass is 32.2. The van der Waals surface area contributed by atoms with Crippen molar-refractivity contribution in [2.24, 2.45) is 16.8 Å². The number of nitrogens with two attached hydrogens (primary N) is 1. The van der Waals surface area contributed by atoms with Gasteiger partial charge in [0.1, 0.15) is 28.2 Å². The van der Waals surface area contributed by atoms with Gasteiger partial charge in [-0.05, 0) is 43.3 Å². The lowest BCUT2D eigenvalue weighted by atomic mass is 9.86. The summed E-state index contributed by atoms with van der Waals surface area (Å²) in [6.07, 6.45) is 0.479. The number of hydrogen-bond donors (Lipinski definition) is 1. The number of carbonyl (C=O) groups excluding carboxylic acids is 1. The Morgan fingerprint density at radius 3 is 2.62 bits per heavy atom. The average Bonchev–Trinajstić information content (AvgIpc) is 3.06. The third kappa shape index (κ3) is 3.28. The van der Waals surface area contributed by atoms with Crippen LogP contribution in [0.1, 0.15) is 24.5 Å². The fourth-order valence-corrected chi connectivity index (χ4v) is 5.34. The van der Waals surface area contributed by atoms with E-state index in [1.54, 1.807) is 0 Å².